The molecule has 1 N–H and O–H groups in total. The number of esters is 1. The third-order valence-corrected chi connectivity index (χ3v) is 7.14. The molecule has 1 fully saturated rings. The van der Waals surface area contributed by atoms with Crippen LogP contribution in [0.15, 0.2) is 72.4 Å². The summed E-state index contributed by atoms with van der Waals surface area (Å²) in [5, 5.41) is 2.93. The average molecular weight is 475 g/mol. The van der Waals surface area contributed by atoms with E-state index in [2.05, 4.69) is 19.2 Å². The van der Waals surface area contributed by atoms with E-state index in [0.29, 0.717) is 19.5 Å². The lowest BCUT2D eigenvalue weighted by atomic mass is 9.59. The molecule has 6 nitrogen and oxygen atoms in total. The molecule has 2 atom stereocenters. The van der Waals surface area contributed by atoms with Crippen molar-refractivity contribution in [3.8, 4) is 0 Å². The molecule has 184 valence electrons. The van der Waals surface area contributed by atoms with Crippen molar-refractivity contribution in [2.45, 2.75) is 52.6 Å². The Hall–Kier alpha value is -3.41. The first-order valence-corrected chi connectivity index (χ1v) is 12.2. The van der Waals surface area contributed by atoms with Gasteiger partial charge in [-0.25, -0.2) is 0 Å². The van der Waals surface area contributed by atoms with Crippen LogP contribution in [-0.4, -0.2) is 29.8 Å². The number of hydrogen-bond donors (Lipinski definition) is 1. The van der Waals surface area contributed by atoms with Crippen LogP contribution in [0.1, 0.15) is 50.7 Å². The Morgan fingerprint density at radius 2 is 1.66 bits per heavy atom. The predicted octanol–water partition coefficient (Wildman–Crippen LogP) is 4.60. The van der Waals surface area contributed by atoms with Gasteiger partial charge in [0, 0.05) is 24.6 Å². The van der Waals surface area contributed by atoms with Gasteiger partial charge in [-0.15, -0.1) is 0 Å². The summed E-state index contributed by atoms with van der Waals surface area (Å²) >= 11 is 0. The number of benzene rings is 2. The number of piperidine rings is 1. The van der Waals surface area contributed by atoms with Gasteiger partial charge in [0.2, 0.25) is 11.8 Å². The van der Waals surface area contributed by atoms with Crippen molar-refractivity contribution >= 4 is 17.8 Å². The Bertz CT molecular complexity index is 1110. The second-order valence-corrected chi connectivity index (χ2v) is 10.5. The van der Waals surface area contributed by atoms with Gasteiger partial charge < -0.3 is 15.0 Å². The van der Waals surface area contributed by atoms with Gasteiger partial charge in [-0.05, 0) is 35.8 Å². The molecule has 1 aliphatic heterocycles. The molecule has 6 heteroatoms. The van der Waals surface area contributed by atoms with E-state index in [9.17, 15) is 14.4 Å². The lowest BCUT2D eigenvalue weighted by Crippen LogP contribution is -2.55. The summed E-state index contributed by atoms with van der Waals surface area (Å²) in [5.74, 6) is -1.26. The largest absolute Gasteiger partial charge is 0.468 e. The molecule has 0 unspecified atom stereocenters. The molecule has 2 aliphatic rings. The number of nitrogens with zero attached hydrogens (tertiary/aromatic N) is 1. The van der Waals surface area contributed by atoms with Crippen LogP contribution in [0.2, 0.25) is 0 Å². The maximum atomic E-state index is 13.8. The minimum Gasteiger partial charge on any atom is -0.468 e. The molecule has 0 aromatic heterocycles. The smallest absolute Gasteiger partial charge is 0.317 e. The van der Waals surface area contributed by atoms with E-state index in [4.69, 9.17) is 4.74 Å². The van der Waals surface area contributed by atoms with Crippen molar-refractivity contribution in [1.82, 2.24) is 10.2 Å². The van der Waals surface area contributed by atoms with Gasteiger partial charge in [-0.1, -0.05) is 80.6 Å². The minimum absolute atomic E-state index is 0.0312. The number of likely N-dealkylation sites (tertiary alicyclic amines) is 1. The van der Waals surface area contributed by atoms with Gasteiger partial charge in [0.1, 0.15) is 5.41 Å². The minimum atomic E-state index is -0.955. The Morgan fingerprint density at radius 3 is 2.29 bits per heavy atom. The van der Waals surface area contributed by atoms with Gasteiger partial charge in [-0.2, -0.15) is 0 Å². The summed E-state index contributed by atoms with van der Waals surface area (Å²) in [6.45, 7) is 5.01. The zero-order chi connectivity index (χ0) is 25.1. The SMILES string of the molecule is COC(=O)[C@@]12C[C@@H](CC(=O)NCc3ccccc3)C(=O)N(Cc3ccccc3)C1=CCC(C)(C)C2. The first kappa shape index (κ1) is 24.7. The zero-order valence-electron chi connectivity index (χ0n) is 20.8. The number of rotatable bonds is 7. The number of nitrogens with one attached hydrogen (secondary N) is 1. The average Bonchev–Trinajstić information content (AvgIpc) is 2.85. The Labute approximate surface area is 207 Å². The predicted molar refractivity (Wildman–Crippen MR) is 134 cm³/mol. The van der Waals surface area contributed by atoms with Gasteiger partial charge in [-0.3, -0.25) is 14.4 Å². The van der Waals surface area contributed by atoms with Gasteiger partial charge in [0.25, 0.3) is 0 Å². The number of fused-ring (bicyclic) bond motifs is 1. The lowest BCUT2D eigenvalue weighted by Gasteiger charge is -2.51. The number of methoxy groups -OCH3 is 1. The molecule has 2 amide bonds. The topological polar surface area (TPSA) is 75.7 Å². The van der Waals surface area contributed by atoms with Gasteiger partial charge in [0.05, 0.1) is 13.7 Å². The summed E-state index contributed by atoms with van der Waals surface area (Å²) in [6, 6.07) is 19.4. The molecule has 2 aromatic rings. The second kappa shape index (κ2) is 10.1. The summed E-state index contributed by atoms with van der Waals surface area (Å²) < 4.78 is 5.32. The van der Waals surface area contributed by atoms with Crippen LogP contribution < -0.4 is 5.32 Å². The summed E-state index contributed by atoms with van der Waals surface area (Å²) in [4.78, 5) is 41.8. The standard InChI is InChI=1S/C29H34N2O4/c1-28(2)15-14-24-29(20-28,27(34)35-3)17-23(16-25(32)30-18-21-10-6-4-7-11-21)26(33)31(24)19-22-12-8-5-9-13-22/h4-14,23H,15-20H2,1-3H3,(H,30,32)/t23-,29-/m1/s1. The monoisotopic (exact) mass is 474 g/mol. The van der Waals surface area contributed by atoms with Crippen LogP contribution in [0.4, 0.5) is 0 Å². The number of carbonyl (C=O) groups is 3. The third kappa shape index (κ3) is 5.31. The number of carbonyl (C=O) groups excluding carboxylic acids is 3. The Morgan fingerprint density at radius 1 is 1.03 bits per heavy atom. The van der Waals surface area contributed by atoms with Gasteiger partial charge in [0.15, 0.2) is 0 Å². The normalized spacial score (nSPS) is 23.2. The zero-order valence-corrected chi connectivity index (χ0v) is 20.8. The molecule has 2 aromatic carbocycles. The molecule has 4 rings (SSSR count). The molecule has 0 saturated carbocycles. The number of ether oxygens (including phenoxy) is 1. The number of allylic oxidation sites excluding steroid dienone is 1. The van der Waals surface area contributed by atoms with Crippen LogP contribution in [0.5, 0.6) is 0 Å². The first-order chi connectivity index (χ1) is 16.7. The van der Waals surface area contributed by atoms with Crippen LogP contribution in [0.3, 0.4) is 0 Å². The van der Waals surface area contributed by atoms with E-state index in [1.54, 1.807) is 4.90 Å². The Balaban J connectivity index is 1.64. The fraction of sp³-hybridized carbons (Fsp3) is 0.414. The number of hydrogen-bond acceptors (Lipinski definition) is 4. The van der Waals surface area contributed by atoms with E-state index in [1.807, 2.05) is 66.7 Å². The van der Waals surface area contributed by atoms with Crippen LogP contribution in [0.25, 0.3) is 0 Å². The molecular weight excluding hydrogens is 440 g/mol. The van der Waals surface area contributed by atoms with E-state index in [-0.39, 0.29) is 36.0 Å². The van der Waals surface area contributed by atoms with E-state index in [1.165, 1.54) is 7.11 Å². The maximum Gasteiger partial charge on any atom is 0.317 e. The van der Waals surface area contributed by atoms with E-state index < -0.39 is 11.3 Å². The quantitative estimate of drug-likeness (QED) is 0.595. The van der Waals surface area contributed by atoms with Crippen molar-refractivity contribution in [2.24, 2.45) is 16.7 Å². The van der Waals surface area contributed by atoms with Crippen molar-refractivity contribution in [1.29, 1.82) is 0 Å². The highest BCUT2D eigenvalue weighted by Gasteiger charge is 2.57. The molecule has 0 bridgehead atoms. The second-order valence-electron chi connectivity index (χ2n) is 10.5. The Kier molecular flexibility index (Phi) is 7.10. The van der Waals surface area contributed by atoms with Crippen molar-refractivity contribution in [2.75, 3.05) is 7.11 Å². The molecule has 0 spiro atoms. The fourth-order valence-corrected chi connectivity index (χ4v) is 5.58. The van der Waals surface area contributed by atoms with Crippen molar-refractivity contribution in [3.05, 3.63) is 83.6 Å². The molecule has 1 saturated heterocycles. The fourth-order valence-electron chi connectivity index (χ4n) is 5.58. The lowest BCUT2D eigenvalue weighted by molar-refractivity contribution is -0.162. The van der Waals surface area contributed by atoms with Crippen LogP contribution in [-0.2, 0) is 32.2 Å². The van der Waals surface area contributed by atoms with Gasteiger partial charge >= 0.3 is 5.97 Å². The van der Waals surface area contributed by atoms with Crippen molar-refractivity contribution in [3.63, 3.8) is 0 Å². The number of amides is 2. The molecular formula is C29H34N2O4. The molecule has 1 heterocycles. The van der Waals surface area contributed by atoms with Crippen molar-refractivity contribution < 1.29 is 19.1 Å². The van der Waals surface area contributed by atoms with E-state index in [0.717, 1.165) is 23.2 Å². The molecule has 35 heavy (non-hydrogen) atoms. The highest BCUT2D eigenvalue weighted by atomic mass is 16.5. The van der Waals surface area contributed by atoms with Crippen LogP contribution in [0, 0.1) is 16.7 Å². The van der Waals surface area contributed by atoms with Crippen LogP contribution >= 0.6 is 0 Å². The summed E-state index contributed by atoms with van der Waals surface area (Å²) in [5.41, 5.74) is 1.60. The molecule has 0 radical (unpaired) electrons. The summed E-state index contributed by atoms with van der Waals surface area (Å²) in [6.07, 6.45) is 3.68. The summed E-state index contributed by atoms with van der Waals surface area (Å²) in [7, 11) is 1.40. The maximum absolute atomic E-state index is 13.8. The highest BCUT2D eigenvalue weighted by Crippen LogP contribution is 2.55. The highest BCUT2D eigenvalue weighted by molar-refractivity contribution is 5.92. The first-order valence-electron chi connectivity index (χ1n) is 12.2. The molecule has 1 aliphatic carbocycles. The van der Waals surface area contributed by atoms with E-state index >= 15 is 0 Å². The third-order valence-electron chi connectivity index (χ3n) is 7.14.